The van der Waals surface area contributed by atoms with Crippen LogP contribution in [0.2, 0.25) is 0 Å². The van der Waals surface area contributed by atoms with Crippen molar-refractivity contribution in [2.24, 2.45) is 5.92 Å². The molecule has 0 atom stereocenters. The zero-order valence-electron chi connectivity index (χ0n) is 12.4. The van der Waals surface area contributed by atoms with Crippen LogP contribution in [0, 0.1) is 5.92 Å². The summed E-state index contributed by atoms with van der Waals surface area (Å²) in [6, 6.07) is 2.01. The van der Waals surface area contributed by atoms with Gasteiger partial charge in [0.1, 0.15) is 11.8 Å². The first-order chi connectivity index (χ1) is 10.9. The summed E-state index contributed by atoms with van der Waals surface area (Å²) in [6.45, 7) is 2.80. The Morgan fingerprint density at radius 3 is 2.77 bits per heavy atom. The van der Waals surface area contributed by atoms with E-state index in [1.54, 1.807) is 23.2 Å². The molecule has 2 aliphatic rings. The van der Waals surface area contributed by atoms with E-state index in [1.807, 2.05) is 6.07 Å². The first-order valence-electron chi connectivity index (χ1n) is 7.84. The third-order valence-electron chi connectivity index (χ3n) is 4.36. The lowest BCUT2D eigenvalue weighted by molar-refractivity contribution is 0.215. The number of anilines is 1. The Morgan fingerprint density at radius 1 is 1.18 bits per heavy atom. The Labute approximate surface area is 133 Å². The summed E-state index contributed by atoms with van der Waals surface area (Å²) in [5.74, 6) is 1.95. The molecule has 116 valence electrons. The maximum absolute atomic E-state index is 5.90. The first kappa shape index (κ1) is 13.9. The largest absolute Gasteiger partial charge is 0.477 e. The molecule has 0 bridgehead atoms. The van der Waals surface area contributed by atoms with Crippen molar-refractivity contribution < 1.29 is 4.74 Å². The Bertz CT molecular complexity index is 608. The molecule has 0 spiro atoms. The van der Waals surface area contributed by atoms with Crippen LogP contribution in [0.25, 0.3) is 0 Å². The fourth-order valence-electron chi connectivity index (χ4n) is 2.83. The van der Waals surface area contributed by atoms with E-state index in [0.29, 0.717) is 11.8 Å². The van der Waals surface area contributed by atoms with Crippen molar-refractivity contribution in [3.63, 3.8) is 0 Å². The molecule has 0 amide bonds. The smallest absolute Gasteiger partial charge is 0.216 e. The van der Waals surface area contributed by atoms with Gasteiger partial charge in [-0.25, -0.2) is 9.97 Å². The third-order valence-corrected chi connectivity index (χ3v) is 5.11. The summed E-state index contributed by atoms with van der Waals surface area (Å²) in [7, 11) is 0. The van der Waals surface area contributed by atoms with Gasteiger partial charge < -0.3 is 9.64 Å². The van der Waals surface area contributed by atoms with Crippen molar-refractivity contribution in [2.75, 3.05) is 24.6 Å². The number of hydrogen-bond donors (Lipinski definition) is 0. The van der Waals surface area contributed by atoms with Gasteiger partial charge in [-0.05, 0) is 31.6 Å². The summed E-state index contributed by atoms with van der Waals surface area (Å²) in [5, 5.41) is 9.08. The molecule has 1 aliphatic carbocycles. The number of rotatable bonds is 5. The number of piperidine rings is 1. The number of ether oxygens (including phenoxy) is 1. The van der Waals surface area contributed by atoms with Gasteiger partial charge in [-0.3, -0.25) is 0 Å². The predicted octanol–water partition coefficient (Wildman–Crippen LogP) is 2.50. The second-order valence-electron chi connectivity index (χ2n) is 6.02. The van der Waals surface area contributed by atoms with Crippen LogP contribution in [-0.2, 0) is 0 Å². The predicted molar refractivity (Wildman–Crippen MR) is 84.3 cm³/mol. The summed E-state index contributed by atoms with van der Waals surface area (Å²) in [5.41, 5.74) is 2.92. The molecule has 22 heavy (non-hydrogen) atoms. The fraction of sp³-hybridized carbons (Fsp3) is 0.600. The first-order valence-corrected chi connectivity index (χ1v) is 8.72. The second-order valence-corrected chi connectivity index (χ2v) is 6.83. The van der Waals surface area contributed by atoms with E-state index in [0.717, 1.165) is 49.2 Å². The van der Waals surface area contributed by atoms with Gasteiger partial charge in [-0.15, -0.1) is 10.2 Å². The van der Waals surface area contributed by atoms with Crippen LogP contribution < -0.4 is 9.64 Å². The van der Waals surface area contributed by atoms with Crippen molar-refractivity contribution >= 4 is 16.5 Å². The van der Waals surface area contributed by atoms with Crippen LogP contribution >= 0.6 is 11.3 Å². The monoisotopic (exact) mass is 317 g/mol. The highest BCUT2D eigenvalue weighted by Crippen LogP contribution is 2.39. The lowest BCUT2D eigenvalue weighted by Gasteiger charge is -2.31. The van der Waals surface area contributed by atoms with E-state index in [1.165, 1.54) is 12.8 Å². The van der Waals surface area contributed by atoms with Crippen molar-refractivity contribution in [3.05, 3.63) is 23.6 Å². The van der Waals surface area contributed by atoms with E-state index in [9.17, 15) is 0 Å². The Balaban J connectivity index is 1.27. The SMILES string of the molecule is c1nc(OCC2CCN(c3nncs3)CC2)cc(C2CC2)n1. The van der Waals surface area contributed by atoms with Gasteiger partial charge in [0.25, 0.3) is 0 Å². The molecule has 3 heterocycles. The van der Waals surface area contributed by atoms with Gasteiger partial charge >= 0.3 is 0 Å². The molecule has 0 radical (unpaired) electrons. The van der Waals surface area contributed by atoms with E-state index < -0.39 is 0 Å². The highest BCUT2D eigenvalue weighted by Gasteiger charge is 2.26. The summed E-state index contributed by atoms with van der Waals surface area (Å²) < 4.78 is 5.90. The fourth-order valence-corrected chi connectivity index (χ4v) is 3.45. The van der Waals surface area contributed by atoms with Crippen LogP contribution in [0.15, 0.2) is 17.9 Å². The minimum atomic E-state index is 0.587. The van der Waals surface area contributed by atoms with Crippen molar-refractivity contribution in [1.82, 2.24) is 20.2 Å². The molecule has 6 nitrogen and oxygen atoms in total. The molecule has 2 aromatic heterocycles. The average Bonchev–Trinajstić information content (AvgIpc) is 3.29. The standard InChI is InChI=1S/C15H19N5OS/c1-2-12(1)13-7-14(17-9-16-13)21-8-11-3-5-20(6-4-11)15-19-18-10-22-15/h7,9-12H,1-6,8H2. The molecular formula is C15H19N5OS. The lowest BCUT2D eigenvalue weighted by atomic mass is 9.98. The Kier molecular flexibility index (Phi) is 3.88. The van der Waals surface area contributed by atoms with Gasteiger partial charge in [0.2, 0.25) is 11.0 Å². The van der Waals surface area contributed by atoms with E-state index in [-0.39, 0.29) is 0 Å². The topological polar surface area (TPSA) is 64.0 Å². The van der Waals surface area contributed by atoms with Gasteiger partial charge in [0.05, 0.1) is 12.3 Å². The van der Waals surface area contributed by atoms with Gasteiger partial charge in [0, 0.05) is 25.1 Å². The minimum Gasteiger partial charge on any atom is -0.477 e. The molecule has 1 saturated heterocycles. The molecule has 1 saturated carbocycles. The molecule has 1 aliphatic heterocycles. The molecule has 2 aromatic rings. The zero-order valence-corrected chi connectivity index (χ0v) is 13.2. The molecule has 7 heteroatoms. The molecule has 0 N–H and O–H groups in total. The molecule has 0 aromatic carbocycles. The minimum absolute atomic E-state index is 0.587. The number of nitrogens with zero attached hydrogens (tertiary/aromatic N) is 5. The lowest BCUT2D eigenvalue weighted by Crippen LogP contribution is -2.35. The Hall–Kier alpha value is -1.76. The summed E-state index contributed by atoms with van der Waals surface area (Å²) in [6.07, 6.45) is 6.38. The van der Waals surface area contributed by atoms with Crippen LogP contribution in [0.4, 0.5) is 5.13 Å². The highest BCUT2D eigenvalue weighted by molar-refractivity contribution is 7.13. The highest BCUT2D eigenvalue weighted by atomic mass is 32.1. The second kappa shape index (κ2) is 6.16. The van der Waals surface area contributed by atoms with E-state index in [4.69, 9.17) is 4.74 Å². The Morgan fingerprint density at radius 2 is 2.05 bits per heavy atom. The van der Waals surface area contributed by atoms with Gasteiger partial charge in [-0.2, -0.15) is 0 Å². The van der Waals surface area contributed by atoms with E-state index in [2.05, 4.69) is 25.1 Å². The van der Waals surface area contributed by atoms with E-state index >= 15 is 0 Å². The summed E-state index contributed by atoms with van der Waals surface area (Å²) >= 11 is 1.61. The summed E-state index contributed by atoms with van der Waals surface area (Å²) in [4.78, 5) is 10.9. The van der Waals surface area contributed by atoms with Crippen molar-refractivity contribution in [1.29, 1.82) is 0 Å². The molecule has 4 rings (SSSR count). The van der Waals surface area contributed by atoms with Crippen LogP contribution in [0.5, 0.6) is 5.88 Å². The number of aromatic nitrogens is 4. The van der Waals surface area contributed by atoms with Crippen LogP contribution in [0.3, 0.4) is 0 Å². The van der Waals surface area contributed by atoms with Gasteiger partial charge in [0.15, 0.2) is 0 Å². The van der Waals surface area contributed by atoms with Gasteiger partial charge in [-0.1, -0.05) is 11.3 Å². The van der Waals surface area contributed by atoms with Crippen molar-refractivity contribution in [3.8, 4) is 5.88 Å². The van der Waals surface area contributed by atoms with Crippen LogP contribution in [0.1, 0.15) is 37.3 Å². The number of hydrogen-bond acceptors (Lipinski definition) is 7. The third kappa shape index (κ3) is 3.19. The molecular weight excluding hydrogens is 298 g/mol. The van der Waals surface area contributed by atoms with Crippen LogP contribution in [-0.4, -0.2) is 39.9 Å². The maximum Gasteiger partial charge on any atom is 0.216 e. The molecule has 0 unspecified atom stereocenters. The normalized spacial score (nSPS) is 19.4. The van der Waals surface area contributed by atoms with Crippen molar-refractivity contribution in [2.45, 2.75) is 31.6 Å². The zero-order chi connectivity index (χ0) is 14.8. The maximum atomic E-state index is 5.90. The molecule has 2 fully saturated rings. The average molecular weight is 317 g/mol. The quantitative estimate of drug-likeness (QED) is 0.844.